The molecule has 1 aliphatic heterocycles. The van der Waals surface area contributed by atoms with E-state index in [1.807, 2.05) is 28.8 Å². The second-order valence-corrected chi connectivity index (χ2v) is 7.77. The number of hydrogen-bond acceptors (Lipinski definition) is 4. The van der Waals surface area contributed by atoms with E-state index in [0.29, 0.717) is 30.5 Å². The molecule has 3 rings (SSSR count). The number of para-hydroxylation sites is 1. The monoisotopic (exact) mass is 398 g/mol. The Morgan fingerprint density at radius 3 is 2.72 bits per heavy atom. The van der Waals surface area contributed by atoms with Crippen LogP contribution in [0.3, 0.4) is 0 Å². The van der Waals surface area contributed by atoms with Crippen LogP contribution < -0.4 is 15.4 Å². The predicted molar refractivity (Wildman–Crippen MR) is 111 cm³/mol. The number of hydrogen-bond donors (Lipinski definition) is 2. The lowest BCUT2D eigenvalue weighted by Gasteiger charge is -2.17. The van der Waals surface area contributed by atoms with Gasteiger partial charge in [-0.15, -0.1) is 0 Å². The molecule has 0 fully saturated rings. The van der Waals surface area contributed by atoms with Gasteiger partial charge in [0, 0.05) is 25.2 Å². The zero-order chi connectivity index (χ0) is 20.8. The molecule has 7 nitrogen and oxygen atoms in total. The van der Waals surface area contributed by atoms with Gasteiger partial charge in [-0.2, -0.15) is 0 Å². The molecule has 2 aromatic rings. The highest BCUT2D eigenvalue weighted by Gasteiger charge is 2.27. The Bertz CT molecular complexity index is 873. The van der Waals surface area contributed by atoms with Crippen molar-refractivity contribution in [1.29, 1.82) is 0 Å². The van der Waals surface area contributed by atoms with Gasteiger partial charge in [0.25, 0.3) is 11.8 Å². The van der Waals surface area contributed by atoms with Crippen LogP contribution in [-0.2, 0) is 19.5 Å². The third-order valence-electron chi connectivity index (χ3n) is 5.18. The van der Waals surface area contributed by atoms with E-state index in [9.17, 15) is 9.59 Å². The molecular weight excluding hydrogens is 368 g/mol. The Kier molecular flexibility index (Phi) is 6.90. The molecule has 0 spiro atoms. The molecule has 1 aromatic heterocycles. The predicted octanol–water partition coefficient (Wildman–Crippen LogP) is 2.93. The number of aromatic nitrogens is 2. The molecule has 2 amide bonds. The molecule has 1 aliphatic rings. The highest BCUT2D eigenvalue weighted by molar-refractivity contribution is 5.97. The van der Waals surface area contributed by atoms with Crippen molar-refractivity contribution in [3.63, 3.8) is 0 Å². The average Bonchev–Trinajstić information content (AvgIpc) is 3.12. The van der Waals surface area contributed by atoms with Crippen LogP contribution in [0.2, 0.25) is 0 Å². The largest absolute Gasteiger partial charge is 0.496 e. The van der Waals surface area contributed by atoms with Crippen LogP contribution in [0.25, 0.3) is 0 Å². The van der Waals surface area contributed by atoms with Crippen LogP contribution in [-0.4, -0.2) is 35.0 Å². The van der Waals surface area contributed by atoms with Crippen LogP contribution >= 0.6 is 0 Å². The van der Waals surface area contributed by atoms with Crippen molar-refractivity contribution >= 4 is 11.8 Å². The van der Waals surface area contributed by atoms with Crippen molar-refractivity contribution in [2.75, 3.05) is 13.7 Å². The number of nitrogens with zero attached hydrogens (tertiary/aromatic N) is 2. The maximum absolute atomic E-state index is 12.9. The molecule has 7 heteroatoms. The fraction of sp³-hybridized carbons (Fsp3) is 0.500. The van der Waals surface area contributed by atoms with Crippen LogP contribution in [0, 0.1) is 5.92 Å². The van der Waals surface area contributed by atoms with Crippen LogP contribution in [0.15, 0.2) is 24.3 Å². The standard InChI is InChI=1S/C22H30N4O3/c1-15(2)11-12-23-22(28)20-25-19(17-9-6-7-13-26(17)20)21(27)24-14-16-8-4-5-10-18(16)29-3/h4-5,8,10,15H,6-7,9,11-14H2,1-3H3,(H,23,28)(H,24,27). The number of methoxy groups -OCH3 is 1. The first-order valence-corrected chi connectivity index (χ1v) is 10.3. The minimum Gasteiger partial charge on any atom is -0.496 e. The summed E-state index contributed by atoms with van der Waals surface area (Å²) in [6.45, 7) is 5.90. The Morgan fingerprint density at radius 2 is 1.97 bits per heavy atom. The van der Waals surface area contributed by atoms with Crippen molar-refractivity contribution in [2.45, 2.75) is 52.6 Å². The summed E-state index contributed by atoms with van der Waals surface area (Å²) >= 11 is 0. The second-order valence-electron chi connectivity index (χ2n) is 7.77. The van der Waals surface area contributed by atoms with E-state index in [-0.39, 0.29) is 11.8 Å². The number of carbonyl (C=O) groups is 2. The summed E-state index contributed by atoms with van der Waals surface area (Å²) in [6.07, 6.45) is 3.64. The van der Waals surface area contributed by atoms with Crippen molar-refractivity contribution < 1.29 is 14.3 Å². The van der Waals surface area contributed by atoms with Gasteiger partial charge >= 0.3 is 0 Å². The van der Waals surface area contributed by atoms with Crippen molar-refractivity contribution in [2.24, 2.45) is 5.92 Å². The molecule has 1 aromatic carbocycles. The molecule has 0 radical (unpaired) electrons. The molecule has 0 atom stereocenters. The zero-order valence-electron chi connectivity index (χ0n) is 17.5. The first-order valence-electron chi connectivity index (χ1n) is 10.3. The summed E-state index contributed by atoms with van der Waals surface area (Å²) in [5, 5.41) is 5.86. The summed E-state index contributed by atoms with van der Waals surface area (Å²) in [6, 6.07) is 7.57. The number of amides is 2. The van der Waals surface area contributed by atoms with Crippen LogP contribution in [0.5, 0.6) is 5.75 Å². The topological polar surface area (TPSA) is 85.2 Å². The molecule has 2 heterocycles. The summed E-state index contributed by atoms with van der Waals surface area (Å²) < 4.78 is 7.25. The highest BCUT2D eigenvalue weighted by atomic mass is 16.5. The average molecular weight is 399 g/mol. The van der Waals surface area contributed by atoms with Crippen molar-refractivity contribution in [1.82, 2.24) is 20.2 Å². The lowest BCUT2D eigenvalue weighted by Crippen LogP contribution is -2.29. The van der Waals surface area contributed by atoms with E-state index in [4.69, 9.17) is 4.74 Å². The number of ether oxygens (including phenoxy) is 1. The molecule has 0 bridgehead atoms. The molecular formula is C22H30N4O3. The quantitative estimate of drug-likeness (QED) is 0.716. The van der Waals surface area contributed by atoms with E-state index in [1.165, 1.54) is 0 Å². The molecule has 2 N–H and O–H groups in total. The van der Waals surface area contributed by atoms with Gasteiger partial charge in [0.2, 0.25) is 0 Å². The SMILES string of the molecule is COc1ccccc1CNC(=O)c1nc(C(=O)NCCC(C)C)n2c1CCCC2. The summed E-state index contributed by atoms with van der Waals surface area (Å²) in [5.41, 5.74) is 2.10. The van der Waals surface area contributed by atoms with Gasteiger partial charge in [-0.25, -0.2) is 4.98 Å². The molecule has 0 aliphatic carbocycles. The Balaban J connectivity index is 1.75. The number of rotatable bonds is 8. The van der Waals surface area contributed by atoms with Crippen LogP contribution in [0.4, 0.5) is 0 Å². The number of benzene rings is 1. The van der Waals surface area contributed by atoms with Gasteiger partial charge in [-0.05, 0) is 37.7 Å². The fourth-order valence-corrected chi connectivity index (χ4v) is 3.56. The second kappa shape index (κ2) is 9.58. The third-order valence-corrected chi connectivity index (χ3v) is 5.18. The van der Waals surface area contributed by atoms with E-state index < -0.39 is 0 Å². The lowest BCUT2D eigenvalue weighted by atomic mass is 10.1. The number of carbonyl (C=O) groups excluding carboxylic acids is 2. The van der Waals surface area contributed by atoms with Crippen LogP contribution in [0.1, 0.15) is 65.5 Å². The molecule has 156 valence electrons. The minimum atomic E-state index is -0.261. The third kappa shape index (κ3) is 4.96. The minimum absolute atomic E-state index is 0.211. The summed E-state index contributed by atoms with van der Waals surface area (Å²) in [4.78, 5) is 30.0. The fourth-order valence-electron chi connectivity index (χ4n) is 3.56. The van der Waals surface area contributed by atoms with E-state index in [1.54, 1.807) is 7.11 Å². The first kappa shape index (κ1) is 20.9. The molecule has 0 saturated carbocycles. The van der Waals surface area contributed by atoms with Gasteiger partial charge < -0.3 is 19.9 Å². The van der Waals surface area contributed by atoms with Crippen molar-refractivity contribution in [3.8, 4) is 5.75 Å². The van der Waals surface area contributed by atoms with Gasteiger partial charge in [0.05, 0.1) is 12.8 Å². The number of imidazole rings is 1. The van der Waals surface area contributed by atoms with E-state index in [0.717, 1.165) is 49.2 Å². The Hall–Kier alpha value is -2.83. The van der Waals surface area contributed by atoms with Gasteiger partial charge in [0.1, 0.15) is 11.4 Å². The Labute approximate surface area is 171 Å². The van der Waals surface area contributed by atoms with Gasteiger partial charge in [-0.3, -0.25) is 9.59 Å². The van der Waals surface area contributed by atoms with Gasteiger partial charge in [0.15, 0.2) is 5.82 Å². The Morgan fingerprint density at radius 1 is 1.17 bits per heavy atom. The van der Waals surface area contributed by atoms with Crippen molar-refractivity contribution in [3.05, 3.63) is 47.0 Å². The first-order chi connectivity index (χ1) is 14.0. The maximum atomic E-state index is 12.9. The van der Waals surface area contributed by atoms with Gasteiger partial charge in [-0.1, -0.05) is 32.0 Å². The number of nitrogens with one attached hydrogen (secondary N) is 2. The number of fused-ring (bicyclic) bond motifs is 1. The summed E-state index contributed by atoms with van der Waals surface area (Å²) in [7, 11) is 1.61. The van der Waals surface area contributed by atoms with E-state index >= 15 is 0 Å². The van der Waals surface area contributed by atoms with E-state index in [2.05, 4.69) is 29.5 Å². The lowest BCUT2D eigenvalue weighted by molar-refractivity contribution is 0.0936. The highest BCUT2D eigenvalue weighted by Crippen LogP contribution is 2.22. The summed E-state index contributed by atoms with van der Waals surface area (Å²) in [5.74, 6) is 1.11. The molecule has 29 heavy (non-hydrogen) atoms. The smallest absolute Gasteiger partial charge is 0.287 e. The maximum Gasteiger partial charge on any atom is 0.287 e. The zero-order valence-corrected chi connectivity index (χ0v) is 17.5. The molecule has 0 saturated heterocycles. The molecule has 0 unspecified atom stereocenters. The normalized spacial score (nSPS) is 13.1.